The molecule has 0 bridgehead atoms. The molecule has 0 fully saturated rings. The zero-order valence-corrected chi connectivity index (χ0v) is 26.5. The molecule has 0 saturated carbocycles. The molecule has 3 aromatic carbocycles. The highest BCUT2D eigenvalue weighted by atomic mass is 79.9. The average molecular weight is 597 g/mol. The molecule has 1 aromatic heterocycles. The lowest BCUT2D eigenvalue weighted by Crippen LogP contribution is -2.40. The molecule has 1 heterocycles. The Morgan fingerprint density at radius 1 is 0.800 bits per heavy atom. The SMILES string of the molecule is CC(Br)C=CB(c1ccccc1)c1ccccc1.CCC(CC(C)CC(C)C)Cn1ccnc1-c1ccccc1. The van der Waals surface area contributed by atoms with Gasteiger partial charge in [-0.1, -0.05) is 158 Å². The van der Waals surface area contributed by atoms with Crippen LogP contribution in [0, 0.1) is 17.8 Å². The van der Waals surface area contributed by atoms with Gasteiger partial charge in [-0.15, -0.1) is 5.98 Å². The van der Waals surface area contributed by atoms with Gasteiger partial charge in [-0.05, 0) is 37.5 Å². The molecule has 0 N–H and O–H groups in total. The normalized spacial score (nSPS) is 13.5. The van der Waals surface area contributed by atoms with Crippen LogP contribution < -0.4 is 10.9 Å². The maximum atomic E-state index is 4.56. The van der Waals surface area contributed by atoms with E-state index in [1.165, 1.54) is 35.8 Å². The maximum absolute atomic E-state index is 4.56. The molecule has 0 aliphatic rings. The number of imidazole rings is 1. The summed E-state index contributed by atoms with van der Waals surface area (Å²) in [7, 11) is 0. The zero-order valence-electron chi connectivity index (χ0n) is 25.0. The van der Waals surface area contributed by atoms with Gasteiger partial charge in [0.25, 0.3) is 0 Å². The molecule has 0 aliphatic carbocycles. The summed E-state index contributed by atoms with van der Waals surface area (Å²) in [5.74, 6) is 5.68. The summed E-state index contributed by atoms with van der Waals surface area (Å²) in [6.45, 7) is 12.9. The van der Waals surface area contributed by atoms with Crippen LogP contribution in [0.4, 0.5) is 0 Å². The number of hydrogen-bond donors (Lipinski definition) is 0. The number of benzene rings is 3. The van der Waals surface area contributed by atoms with E-state index in [4.69, 9.17) is 0 Å². The van der Waals surface area contributed by atoms with E-state index in [2.05, 4.69) is 169 Å². The molecule has 3 unspecified atom stereocenters. The van der Waals surface area contributed by atoms with Crippen LogP contribution in [0.2, 0.25) is 0 Å². The van der Waals surface area contributed by atoms with E-state index in [0.29, 0.717) is 11.5 Å². The summed E-state index contributed by atoms with van der Waals surface area (Å²) in [5.41, 5.74) is 3.86. The Morgan fingerprint density at radius 3 is 1.85 bits per heavy atom. The molecule has 210 valence electrons. The van der Waals surface area contributed by atoms with Crippen LogP contribution in [0.1, 0.15) is 53.9 Å². The van der Waals surface area contributed by atoms with Gasteiger partial charge >= 0.3 is 0 Å². The number of alkyl halides is 1. The fraction of sp³-hybridized carbons (Fsp3) is 0.361. The highest BCUT2D eigenvalue weighted by Crippen LogP contribution is 2.25. The number of halogens is 1. The van der Waals surface area contributed by atoms with Gasteiger partial charge < -0.3 is 4.57 Å². The predicted octanol–water partition coefficient (Wildman–Crippen LogP) is 8.82. The van der Waals surface area contributed by atoms with Gasteiger partial charge in [0.2, 0.25) is 6.71 Å². The van der Waals surface area contributed by atoms with Crippen molar-refractivity contribution in [3.63, 3.8) is 0 Å². The first-order valence-corrected chi connectivity index (χ1v) is 15.8. The first-order chi connectivity index (χ1) is 19.4. The van der Waals surface area contributed by atoms with Gasteiger partial charge in [0, 0.05) is 29.3 Å². The molecule has 0 aliphatic heterocycles. The largest absolute Gasteiger partial charge is 0.331 e. The first-order valence-electron chi connectivity index (χ1n) is 14.9. The summed E-state index contributed by atoms with van der Waals surface area (Å²) in [4.78, 5) is 4.96. The molecule has 3 atom stereocenters. The van der Waals surface area contributed by atoms with Crippen molar-refractivity contribution in [3.8, 4) is 11.4 Å². The van der Waals surface area contributed by atoms with E-state index in [9.17, 15) is 0 Å². The zero-order chi connectivity index (χ0) is 28.7. The summed E-state index contributed by atoms with van der Waals surface area (Å²) in [6.07, 6.45) is 10.1. The van der Waals surface area contributed by atoms with Crippen molar-refractivity contribution < 1.29 is 0 Å². The Bertz CT molecular complexity index is 1200. The van der Waals surface area contributed by atoms with Crippen molar-refractivity contribution in [1.29, 1.82) is 0 Å². The topological polar surface area (TPSA) is 17.8 Å². The minimum absolute atomic E-state index is 0.326. The second-order valence-electron chi connectivity index (χ2n) is 11.4. The van der Waals surface area contributed by atoms with Gasteiger partial charge in [0.05, 0.1) is 0 Å². The Kier molecular flexibility index (Phi) is 13.5. The van der Waals surface area contributed by atoms with Crippen LogP contribution in [-0.4, -0.2) is 21.1 Å². The Morgan fingerprint density at radius 2 is 1.35 bits per heavy atom. The standard InChI is InChI=1S/C20H30N2.C16H16BBr/c1-5-18(14-17(4)13-16(2)3)15-22-12-11-21-20(22)19-9-7-6-8-10-19;1-14(18)12-13-17(15-8-4-2-5-9-15)16-10-6-3-7-11-16/h6-12,16-18H,5,13-15H2,1-4H3;2-14H,1H3. The van der Waals surface area contributed by atoms with Crippen LogP contribution in [0.3, 0.4) is 0 Å². The van der Waals surface area contributed by atoms with E-state index < -0.39 is 0 Å². The summed E-state index contributed by atoms with van der Waals surface area (Å²) < 4.78 is 2.32. The van der Waals surface area contributed by atoms with E-state index in [0.717, 1.165) is 30.1 Å². The van der Waals surface area contributed by atoms with Crippen LogP contribution in [0.15, 0.2) is 115 Å². The highest BCUT2D eigenvalue weighted by molar-refractivity contribution is 9.09. The van der Waals surface area contributed by atoms with Crippen molar-refractivity contribution in [2.45, 2.75) is 65.3 Å². The summed E-state index contributed by atoms with van der Waals surface area (Å²) in [6, 6.07) is 31.7. The van der Waals surface area contributed by atoms with Crippen molar-refractivity contribution in [3.05, 3.63) is 115 Å². The molecular formula is C36H46BBrN2. The monoisotopic (exact) mass is 596 g/mol. The lowest BCUT2D eigenvalue weighted by atomic mass is 9.40. The number of allylic oxidation sites excluding steroid dienone is 1. The van der Waals surface area contributed by atoms with Crippen molar-refractivity contribution in [2.75, 3.05) is 0 Å². The summed E-state index contributed by atoms with van der Waals surface area (Å²) >= 11 is 3.56. The second kappa shape index (κ2) is 17.1. The van der Waals surface area contributed by atoms with Gasteiger partial charge in [-0.2, -0.15) is 0 Å². The predicted molar refractivity (Wildman–Crippen MR) is 180 cm³/mol. The lowest BCUT2D eigenvalue weighted by molar-refractivity contribution is 0.308. The van der Waals surface area contributed by atoms with Crippen molar-refractivity contribution in [1.82, 2.24) is 9.55 Å². The molecule has 0 spiro atoms. The third-order valence-electron chi connectivity index (χ3n) is 7.28. The van der Waals surface area contributed by atoms with Gasteiger partial charge in [-0.3, -0.25) is 0 Å². The number of rotatable bonds is 12. The molecule has 0 amide bonds. The number of nitrogens with zero attached hydrogens (tertiary/aromatic N) is 2. The Labute approximate surface area is 252 Å². The van der Waals surface area contributed by atoms with Gasteiger partial charge in [0.15, 0.2) is 0 Å². The Hall–Kier alpha value is -2.85. The molecule has 4 rings (SSSR count). The van der Waals surface area contributed by atoms with Crippen molar-refractivity contribution >= 4 is 33.6 Å². The fourth-order valence-corrected chi connectivity index (χ4v) is 5.60. The van der Waals surface area contributed by atoms with Crippen LogP contribution in [-0.2, 0) is 6.54 Å². The summed E-state index contributed by atoms with van der Waals surface area (Å²) in [5, 5.41) is 0. The highest BCUT2D eigenvalue weighted by Gasteiger charge is 2.16. The average Bonchev–Trinajstić information content (AvgIpc) is 3.42. The van der Waals surface area contributed by atoms with Crippen LogP contribution in [0.25, 0.3) is 11.4 Å². The minimum atomic E-state index is 0.326. The second-order valence-corrected chi connectivity index (χ2v) is 12.8. The molecule has 4 aromatic rings. The van der Waals surface area contributed by atoms with Crippen molar-refractivity contribution in [2.24, 2.45) is 17.8 Å². The van der Waals surface area contributed by atoms with E-state index in [1.807, 2.05) is 6.20 Å². The van der Waals surface area contributed by atoms with Crippen LogP contribution >= 0.6 is 15.9 Å². The molecule has 0 saturated heterocycles. The lowest BCUT2D eigenvalue weighted by Gasteiger charge is -2.22. The molecular weight excluding hydrogens is 551 g/mol. The molecule has 0 radical (unpaired) electrons. The van der Waals surface area contributed by atoms with E-state index in [1.54, 1.807) is 0 Å². The molecule has 4 heteroatoms. The smallest absolute Gasteiger partial charge is 0.233 e. The maximum Gasteiger partial charge on any atom is 0.233 e. The molecule has 40 heavy (non-hydrogen) atoms. The third kappa shape index (κ3) is 10.6. The first kappa shape index (κ1) is 31.7. The minimum Gasteiger partial charge on any atom is -0.331 e. The van der Waals surface area contributed by atoms with E-state index >= 15 is 0 Å². The fourth-order valence-electron chi connectivity index (χ4n) is 5.42. The van der Waals surface area contributed by atoms with Crippen LogP contribution in [0.5, 0.6) is 0 Å². The number of aromatic nitrogens is 2. The van der Waals surface area contributed by atoms with Gasteiger partial charge in [-0.25, -0.2) is 4.98 Å². The quantitative estimate of drug-likeness (QED) is 0.118. The third-order valence-corrected chi connectivity index (χ3v) is 7.58. The Balaban J connectivity index is 0.000000225. The number of hydrogen-bond acceptors (Lipinski definition) is 1. The molecule has 2 nitrogen and oxygen atoms in total. The van der Waals surface area contributed by atoms with E-state index in [-0.39, 0.29) is 0 Å². The van der Waals surface area contributed by atoms with Gasteiger partial charge in [0.1, 0.15) is 5.82 Å².